The van der Waals surface area contributed by atoms with E-state index in [1.807, 2.05) is 4.90 Å². The summed E-state index contributed by atoms with van der Waals surface area (Å²) in [6, 6.07) is 1.07. The van der Waals surface area contributed by atoms with Crippen LogP contribution in [0.25, 0.3) is 0 Å². The number of halogens is 2. The largest absolute Gasteiger partial charge is 0.354 e. The molecule has 2 rings (SSSR count). The third kappa shape index (κ3) is 3.00. The highest BCUT2D eigenvalue weighted by Gasteiger charge is 2.26. The van der Waals surface area contributed by atoms with Gasteiger partial charge in [-0.25, -0.2) is 19.6 Å². The quantitative estimate of drug-likeness (QED) is 0.659. The number of hydrogen-bond acceptors (Lipinski definition) is 4. The van der Waals surface area contributed by atoms with Crippen LogP contribution < -0.4 is 16.2 Å². The molecule has 0 atom stereocenters. The Morgan fingerprint density at radius 1 is 1.30 bits per heavy atom. The van der Waals surface area contributed by atoms with Crippen LogP contribution in [0.5, 0.6) is 0 Å². The first-order valence-corrected chi connectivity index (χ1v) is 7.12. The van der Waals surface area contributed by atoms with Gasteiger partial charge in [0.05, 0.1) is 0 Å². The van der Waals surface area contributed by atoms with Crippen molar-refractivity contribution in [2.45, 2.75) is 45.1 Å². The molecule has 1 aliphatic carbocycles. The molecule has 1 aliphatic rings. The number of rotatable bonds is 4. The number of nitrogens with zero attached hydrogens (tertiary/aromatic N) is 2. The zero-order valence-corrected chi connectivity index (χ0v) is 12.0. The Bertz CT molecular complexity index is 459. The lowest BCUT2D eigenvalue weighted by atomic mass is 9.84. The van der Waals surface area contributed by atoms with E-state index in [0.717, 1.165) is 37.7 Å². The second-order valence-electron chi connectivity index (χ2n) is 5.46. The van der Waals surface area contributed by atoms with E-state index in [9.17, 15) is 8.78 Å². The summed E-state index contributed by atoms with van der Waals surface area (Å²) in [6.07, 6.45) is 5.52. The summed E-state index contributed by atoms with van der Waals surface area (Å²) in [4.78, 5) is 5.75. The Kier molecular flexibility index (Phi) is 4.75. The molecule has 3 N–H and O–H groups in total. The maximum Gasteiger partial charge on any atom is 0.178 e. The van der Waals surface area contributed by atoms with Gasteiger partial charge in [-0.05, 0) is 31.6 Å². The lowest BCUT2D eigenvalue weighted by Gasteiger charge is -2.35. The molecule has 0 saturated heterocycles. The minimum atomic E-state index is -0.781. The van der Waals surface area contributed by atoms with Gasteiger partial charge in [-0.3, -0.25) is 0 Å². The van der Waals surface area contributed by atoms with E-state index in [-0.39, 0.29) is 17.7 Å². The Morgan fingerprint density at radius 2 is 1.95 bits per heavy atom. The minimum absolute atomic E-state index is 0.129. The summed E-state index contributed by atoms with van der Waals surface area (Å²) in [5.41, 5.74) is 2.16. The number of hydrogen-bond donors (Lipinski definition) is 2. The first kappa shape index (κ1) is 15.0. The second kappa shape index (κ2) is 6.35. The number of anilines is 2. The molecule has 0 spiro atoms. The average Bonchev–Trinajstić information content (AvgIpc) is 2.47. The van der Waals surface area contributed by atoms with Crippen molar-refractivity contribution in [2.75, 3.05) is 17.4 Å². The number of nitrogens with two attached hydrogens (primary N) is 1. The topological polar surface area (TPSA) is 54.2 Å². The van der Waals surface area contributed by atoms with Crippen molar-refractivity contribution < 1.29 is 8.78 Å². The van der Waals surface area contributed by atoms with Crippen molar-refractivity contribution in [3.8, 4) is 0 Å². The van der Waals surface area contributed by atoms with Crippen LogP contribution in [0.4, 0.5) is 20.4 Å². The van der Waals surface area contributed by atoms with Crippen LogP contribution in [0.2, 0.25) is 0 Å². The van der Waals surface area contributed by atoms with Gasteiger partial charge in [0.1, 0.15) is 0 Å². The highest BCUT2D eigenvalue weighted by molar-refractivity contribution is 5.49. The van der Waals surface area contributed by atoms with Gasteiger partial charge < -0.3 is 10.3 Å². The molecule has 1 saturated carbocycles. The van der Waals surface area contributed by atoms with Crippen molar-refractivity contribution in [1.82, 2.24) is 4.98 Å². The van der Waals surface area contributed by atoms with Crippen molar-refractivity contribution in [1.29, 1.82) is 0 Å². The zero-order chi connectivity index (χ0) is 14.7. The first-order chi connectivity index (χ1) is 9.56. The van der Waals surface area contributed by atoms with E-state index in [1.165, 1.54) is 6.42 Å². The molecule has 1 aromatic heterocycles. The van der Waals surface area contributed by atoms with E-state index < -0.39 is 11.6 Å². The molecule has 0 aromatic carbocycles. The Labute approximate surface area is 118 Å². The number of hydrazine groups is 1. The van der Waals surface area contributed by atoms with Gasteiger partial charge in [0.25, 0.3) is 0 Å². The fourth-order valence-corrected chi connectivity index (χ4v) is 2.92. The minimum Gasteiger partial charge on any atom is -0.354 e. The molecule has 112 valence electrons. The van der Waals surface area contributed by atoms with Gasteiger partial charge in [-0.2, -0.15) is 0 Å². The van der Waals surface area contributed by atoms with E-state index in [2.05, 4.69) is 17.3 Å². The van der Waals surface area contributed by atoms with E-state index in [1.54, 1.807) is 7.05 Å². The van der Waals surface area contributed by atoms with Gasteiger partial charge in [0, 0.05) is 19.2 Å². The normalized spacial score (nSPS) is 22.6. The van der Waals surface area contributed by atoms with Crippen molar-refractivity contribution in [2.24, 2.45) is 11.8 Å². The SMILES string of the molecule is CCC1CCC(N(C)c2nc(NN)c(F)cc2F)CC1. The Balaban J connectivity index is 2.15. The Morgan fingerprint density at radius 3 is 2.50 bits per heavy atom. The van der Waals surface area contributed by atoms with Crippen LogP contribution in [0.15, 0.2) is 6.07 Å². The molecule has 0 bridgehead atoms. The highest BCUT2D eigenvalue weighted by atomic mass is 19.1. The molecular formula is C14H22F2N4. The van der Waals surface area contributed by atoms with Gasteiger partial charge in [0.2, 0.25) is 0 Å². The standard InChI is InChI=1S/C14H22F2N4/c1-3-9-4-6-10(7-5-9)20(2)14-12(16)8-11(15)13(18-14)19-17/h8-10H,3-7,17H2,1-2H3,(H,18,19). The fraction of sp³-hybridized carbons (Fsp3) is 0.643. The molecule has 0 unspecified atom stereocenters. The van der Waals surface area contributed by atoms with E-state index in [0.29, 0.717) is 0 Å². The molecule has 0 aliphatic heterocycles. The van der Waals surface area contributed by atoms with Crippen LogP contribution in [-0.2, 0) is 0 Å². The predicted octanol–water partition coefficient (Wildman–Crippen LogP) is 3.05. The fourth-order valence-electron chi connectivity index (χ4n) is 2.92. The zero-order valence-electron chi connectivity index (χ0n) is 12.0. The highest BCUT2D eigenvalue weighted by Crippen LogP contribution is 2.32. The molecule has 1 aromatic rings. The maximum atomic E-state index is 13.9. The van der Waals surface area contributed by atoms with Gasteiger partial charge in [-0.15, -0.1) is 0 Å². The summed E-state index contributed by atoms with van der Waals surface area (Å²) in [5.74, 6) is 4.55. The number of aromatic nitrogens is 1. The maximum absolute atomic E-state index is 13.9. The average molecular weight is 284 g/mol. The van der Waals surface area contributed by atoms with E-state index >= 15 is 0 Å². The lowest BCUT2D eigenvalue weighted by molar-refractivity contribution is 0.312. The number of pyridine rings is 1. The molecule has 1 fully saturated rings. The third-order valence-corrected chi connectivity index (χ3v) is 4.32. The summed E-state index contributed by atoms with van der Waals surface area (Å²) >= 11 is 0. The number of nitrogens with one attached hydrogen (secondary N) is 1. The molecule has 20 heavy (non-hydrogen) atoms. The lowest BCUT2D eigenvalue weighted by Crippen LogP contribution is -2.36. The van der Waals surface area contributed by atoms with Crippen LogP contribution in [0.1, 0.15) is 39.0 Å². The molecule has 6 heteroatoms. The van der Waals surface area contributed by atoms with Crippen LogP contribution in [0.3, 0.4) is 0 Å². The molecule has 1 heterocycles. The molecular weight excluding hydrogens is 262 g/mol. The molecule has 0 radical (unpaired) electrons. The summed E-state index contributed by atoms with van der Waals surface area (Å²) < 4.78 is 27.3. The first-order valence-electron chi connectivity index (χ1n) is 7.12. The van der Waals surface area contributed by atoms with E-state index in [4.69, 9.17) is 5.84 Å². The molecule has 0 amide bonds. The summed E-state index contributed by atoms with van der Waals surface area (Å²) in [5, 5.41) is 0. The van der Waals surface area contributed by atoms with Crippen molar-refractivity contribution in [3.05, 3.63) is 17.7 Å². The van der Waals surface area contributed by atoms with Gasteiger partial charge in [0.15, 0.2) is 23.3 Å². The molecule has 4 nitrogen and oxygen atoms in total. The second-order valence-corrected chi connectivity index (χ2v) is 5.46. The van der Waals surface area contributed by atoms with Gasteiger partial charge >= 0.3 is 0 Å². The van der Waals surface area contributed by atoms with Crippen molar-refractivity contribution >= 4 is 11.6 Å². The Hall–Kier alpha value is -1.43. The van der Waals surface area contributed by atoms with Crippen LogP contribution in [-0.4, -0.2) is 18.1 Å². The number of nitrogen functional groups attached to an aromatic ring is 1. The van der Waals surface area contributed by atoms with Crippen LogP contribution >= 0.6 is 0 Å². The van der Waals surface area contributed by atoms with Crippen LogP contribution in [0, 0.1) is 17.6 Å². The summed E-state index contributed by atoms with van der Waals surface area (Å²) in [6.45, 7) is 2.20. The van der Waals surface area contributed by atoms with Gasteiger partial charge in [-0.1, -0.05) is 13.3 Å². The summed E-state index contributed by atoms with van der Waals surface area (Å²) in [7, 11) is 1.81. The predicted molar refractivity (Wildman–Crippen MR) is 76.4 cm³/mol. The third-order valence-electron chi connectivity index (χ3n) is 4.32. The van der Waals surface area contributed by atoms with Crippen molar-refractivity contribution in [3.63, 3.8) is 0 Å². The monoisotopic (exact) mass is 284 g/mol. The smallest absolute Gasteiger partial charge is 0.178 e.